The van der Waals surface area contributed by atoms with Crippen LogP contribution in [0.5, 0.6) is 0 Å². The van der Waals surface area contributed by atoms with Crippen LogP contribution in [-0.2, 0) is 12.7 Å². The molecule has 0 radical (unpaired) electrons. The van der Waals surface area contributed by atoms with Gasteiger partial charge in [-0.25, -0.2) is 4.98 Å². The summed E-state index contributed by atoms with van der Waals surface area (Å²) in [6, 6.07) is 4.98. The number of alkyl halides is 3. The third kappa shape index (κ3) is 2.88. The fraction of sp³-hybridized carbons (Fsp3) is 0.250. The summed E-state index contributed by atoms with van der Waals surface area (Å²) in [5, 5.41) is 0.543. The van der Waals surface area contributed by atoms with Crippen LogP contribution in [0.3, 0.4) is 0 Å². The van der Waals surface area contributed by atoms with E-state index in [9.17, 15) is 18.0 Å². The van der Waals surface area contributed by atoms with Gasteiger partial charge in [0.1, 0.15) is 4.83 Å². The van der Waals surface area contributed by atoms with Crippen molar-refractivity contribution in [2.75, 3.05) is 0 Å². The summed E-state index contributed by atoms with van der Waals surface area (Å²) in [7, 11) is 0. The lowest BCUT2D eigenvalue weighted by Crippen LogP contribution is -2.21. The van der Waals surface area contributed by atoms with E-state index in [0.29, 0.717) is 15.8 Å². The van der Waals surface area contributed by atoms with Crippen molar-refractivity contribution in [3.63, 3.8) is 0 Å². The Hall–Kier alpha value is -2.15. The number of halogens is 3. The lowest BCUT2D eigenvalue weighted by atomic mass is 10.1. The van der Waals surface area contributed by atoms with Gasteiger partial charge >= 0.3 is 6.18 Å². The molecule has 23 heavy (non-hydrogen) atoms. The minimum absolute atomic E-state index is 0.0556. The molecular weight excluding hydrogens is 325 g/mol. The molecule has 0 spiro atoms. The average molecular weight is 338 g/mol. The number of hydrogen-bond acceptors (Lipinski definition) is 3. The normalized spacial score (nSPS) is 12.0. The lowest BCUT2D eigenvalue weighted by Gasteiger charge is -2.10. The smallest absolute Gasteiger partial charge is 0.294 e. The molecule has 0 aliphatic heterocycles. The van der Waals surface area contributed by atoms with Gasteiger partial charge in [-0.2, -0.15) is 13.2 Å². The molecular formula is C16H13F3N2OS. The molecule has 0 unspecified atom stereocenters. The molecule has 0 aliphatic carbocycles. The number of aryl methyl sites for hydroxylation is 2. The molecule has 2 heterocycles. The second kappa shape index (κ2) is 5.49. The molecule has 3 aromatic rings. The largest absolute Gasteiger partial charge is 0.416 e. The van der Waals surface area contributed by atoms with Gasteiger partial charge in [0.25, 0.3) is 5.56 Å². The Morgan fingerprint density at radius 3 is 2.70 bits per heavy atom. The van der Waals surface area contributed by atoms with Crippen molar-refractivity contribution in [3.8, 4) is 0 Å². The summed E-state index contributed by atoms with van der Waals surface area (Å²) in [6.07, 6.45) is -3.01. The fourth-order valence-corrected chi connectivity index (χ4v) is 3.41. The fourth-order valence-electron chi connectivity index (χ4n) is 2.43. The molecule has 7 heteroatoms. The topological polar surface area (TPSA) is 34.9 Å². The SMILES string of the molecule is Cc1sc2ncn(Cc3cccc(C(F)(F)F)c3)c(=O)c2c1C. The van der Waals surface area contributed by atoms with Crippen molar-refractivity contribution in [3.05, 3.63) is 62.5 Å². The molecule has 0 saturated carbocycles. The number of thiophene rings is 1. The molecule has 3 rings (SSSR count). The van der Waals surface area contributed by atoms with E-state index in [-0.39, 0.29) is 12.1 Å². The van der Waals surface area contributed by atoms with Crippen molar-refractivity contribution >= 4 is 21.6 Å². The van der Waals surface area contributed by atoms with E-state index in [1.807, 2.05) is 13.8 Å². The molecule has 0 atom stereocenters. The molecule has 120 valence electrons. The Labute approximate surface area is 134 Å². The summed E-state index contributed by atoms with van der Waals surface area (Å²) < 4.78 is 39.7. The molecule has 0 aliphatic rings. The number of nitrogens with zero attached hydrogens (tertiary/aromatic N) is 2. The van der Waals surface area contributed by atoms with E-state index in [1.165, 1.54) is 28.3 Å². The van der Waals surface area contributed by atoms with E-state index in [2.05, 4.69) is 4.98 Å². The van der Waals surface area contributed by atoms with Gasteiger partial charge in [-0.15, -0.1) is 11.3 Å². The first-order valence-corrected chi connectivity index (χ1v) is 7.70. The van der Waals surface area contributed by atoms with Crippen LogP contribution in [0, 0.1) is 13.8 Å². The summed E-state index contributed by atoms with van der Waals surface area (Å²) in [5.74, 6) is 0. The van der Waals surface area contributed by atoms with Crippen molar-refractivity contribution < 1.29 is 13.2 Å². The van der Waals surface area contributed by atoms with Crippen LogP contribution < -0.4 is 5.56 Å². The highest BCUT2D eigenvalue weighted by atomic mass is 32.1. The van der Waals surface area contributed by atoms with Crippen molar-refractivity contribution in [1.29, 1.82) is 0 Å². The van der Waals surface area contributed by atoms with E-state index < -0.39 is 11.7 Å². The van der Waals surface area contributed by atoms with Gasteiger partial charge in [0.05, 0.1) is 23.8 Å². The molecule has 2 aromatic heterocycles. The van der Waals surface area contributed by atoms with Crippen LogP contribution in [0.2, 0.25) is 0 Å². The molecule has 0 N–H and O–H groups in total. The summed E-state index contributed by atoms with van der Waals surface area (Å²) in [6.45, 7) is 3.82. The zero-order valence-corrected chi connectivity index (χ0v) is 13.3. The average Bonchev–Trinajstić information content (AvgIpc) is 2.77. The van der Waals surface area contributed by atoms with Gasteiger partial charge in [0.2, 0.25) is 0 Å². The van der Waals surface area contributed by atoms with E-state index in [1.54, 1.807) is 6.07 Å². The van der Waals surface area contributed by atoms with Crippen LogP contribution in [-0.4, -0.2) is 9.55 Å². The molecule has 0 saturated heterocycles. The molecule has 3 nitrogen and oxygen atoms in total. The highest BCUT2D eigenvalue weighted by Crippen LogP contribution is 2.30. The third-order valence-corrected chi connectivity index (χ3v) is 4.88. The standard InChI is InChI=1S/C16H13F3N2OS/c1-9-10(2)23-14-13(9)15(22)21(8-20-14)7-11-4-3-5-12(6-11)16(17,18)19/h3-6,8H,7H2,1-2H3. The van der Waals surface area contributed by atoms with Crippen LogP contribution in [0.25, 0.3) is 10.2 Å². The number of fused-ring (bicyclic) bond motifs is 1. The Bertz CT molecular complexity index is 941. The number of hydrogen-bond donors (Lipinski definition) is 0. The minimum atomic E-state index is -4.40. The number of benzene rings is 1. The number of aromatic nitrogens is 2. The van der Waals surface area contributed by atoms with Gasteiger partial charge < -0.3 is 0 Å². The van der Waals surface area contributed by atoms with Gasteiger partial charge in [0, 0.05) is 4.88 Å². The van der Waals surface area contributed by atoms with E-state index >= 15 is 0 Å². The van der Waals surface area contributed by atoms with E-state index in [0.717, 1.165) is 22.6 Å². The van der Waals surface area contributed by atoms with Crippen LogP contribution in [0.15, 0.2) is 35.4 Å². The van der Waals surface area contributed by atoms with Crippen molar-refractivity contribution in [2.24, 2.45) is 0 Å². The van der Waals surface area contributed by atoms with Gasteiger partial charge in [-0.05, 0) is 37.1 Å². The molecule has 0 bridgehead atoms. The monoisotopic (exact) mass is 338 g/mol. The highest BCUT2D eigenvalue weighted by Gasteiger charge is 2.30. The second-order valence-electron chi connectivity index (χ2n) is 5.34. The first-order chi connectivity index (χ1) is 10.8. The van der Waals surface area contributed by atoms with Crippen LogP contribution in [0.1, 0.15) is 21.6 Å². The molecule has 1 aromatic carbocycles. The van der Waals surface area contributed by atoms with Crippen molar-refractivity contribution in [1.82, 2.24) is 9.55 Å². The Morgan fingerprint density at radius 1 is 1.26 bits per heavy atom. The molecule has 0 amide bonds. The lowest BCUT2D eigenvalue weighted by molar-refractivity contribution is -0.137. The zero-order valence-electron chi connectivity index (χ0n) is 12.4. The Kier molecular flexibility index (Phi) is 3.75. The maximum Gasteiger partial charge on any atom is 0.416 e. The number of rotatable bonds is 2. The van der Waals surface area contributed by atoms with Crippen LogP contribution in [0.4, 0.5) is 13.2 Å². The minimum Gasteiger partial charge on any atom is -0.294 e. The first-order valence-electron chi connectivity index (χ1n) is 6.88. The summed E-state index contributed by atoms with van der Waals surface area (Å²) in [5.41, 5.74) is 0.336. The maximum atomic E-state index is 12.8. The van der Waals surface area contributed by atoms with Gasteiger partial charge in [0.15, 0.2) is 0 Å². The van der Waals surface area contributed by atoms with Gasteiger partial charge in [-0.1, -0.05) is 12.1 Å². The predicted molar refractivity (Wildman–Crippen MR) is 83.9 cm³/mol. The Balaban J connectivity index is 2.04. The summed E-state index contributed by atoms with van der Waals surface area (Å²) in [4.78, 5) is 18.5. The quantitative estimate of drug-likeness (QED) is 0.704. The zero-order chi connectivity index (χ0) is 16.8. The first kappa shape index (κ1) is 15.7. The third-order valence-electron chi connectivity index (χ3n) is 3.76. The molecule has 0 fully saturated rings. The second-order valence-corrected chi connectivity index (χ2v) is 6.54. The van der Waals surface area contributed by atoms with E-state index in [4.69, 9.17) is 0 Å². The maximum absolute atomic E-state index is 12.8. The highest BCUT2D eigenvalue weighted by molar-refractivity contribution is 7.18. The van der Waals surface area contributed by atoms with Crippen LogP contribution >= 0.6 is 11.3 Å². The summed E-state index contributed by atoms with van der Waals surface area (Å²) >= 11 is 1.44. The van der Waals surface area contributed by atoms with Crippen molar-refractivity contribution in [2.45, 2.75) is 26.6 Å². The van der Waals surface area contributed by atoms with Gasteiger partial charge in [-0.3, -0.25) is 9.36 Å². The Morgan fingerprint density at radius 2 is 2.00 bits per heavy atom. The predicted octanol–water partition coefficient (Wildman–Crippen LogP) is 4.14.